The number of carbonyl (C=O) groups excluding carboxylic acids is 1. The van der Waals surface area contributed by atoms with E-state index >= 15 is 0 Å². The van der Waals surface area contributed by atoms with Crippen LogP contribution in [0.25, 0.3) is 0 Å². The summed E-state index contributed by atoms with van der Waals surface area (Å²) in [6.07, 6.45) is 1.54. The van der Waals surface area contributed by atoms with Gasteiger partial charge in [-0.05, 0) is 57.4 Å². The number of hydrogen-bond acceptors (Lipinski definition) is 4. The summed E-state index contributed by atoms with van der Waals surface area (Å²) in [4.78, 5) is 16.8. The smallest absolute Gasteiger partial charge is 0.265 e. The van der Waals surface area contributed by atoms with Crippen LogP contribution in [0.4, 0.5) is 5.69 Å². The van der Waals surface area contributed by atoms with Crippen LogP contribution in [0.5, 0.6) is 5.75 Å². The third-order valence-electron chi connectivity index (χ3n) is 3.72. The molecule has 0 heterocycles. The van der Waals surface area contributed by atoms with Crippen molar-refractivity contribution in [3.05, 3.63) is 94.5 Å². The number of amides is 1. The normalized spacial score (nSPS) is 10.6. The SMILES string of the molecule is O=C(CO/N=C/c1ccc(OCc2ccccc2)c(Br)c1)Nc1ccccc1. The molecular formula is C22H19BrN2O3. The van der Waals surface area contributed by atoms with Crippen LogP contribution >= 0.6 is 15.9 Å². The monoisotopic (exact) mass is 438 g/mol. The Balaban J connectivity index is 1.46. The molecule has 0 aliphatic rings. The number of halogens is 1. The molecule has 5 nitrogen and oxygen atoms in total. The predicted octanol–water partition coefficient (Wildman–Crippen LogP) is 5.02. The molecule has 3 aromatic carbocycles. The number of oxime groups is 1. The minimum absolute atomic E-state index is 0.162. The second kappa shape index (κ2) is 10.3. The molecular weight excluding hydrogens is 420 g/mol. The molecule has 6 heteroatoms. The van der Waals surface area contributed by atoms with Crippen LogP contribution in [0.1, 0.15) is 11.1 Å². The van der Waals surface area contributed by atoms with Crippen LogP contribution in [0.2, 0.25) is 0 Å². The first-order chi connectivity index (χ1) is 13.7. The summed E-state index contributed by atoms with van der Waals surface area (Å²) in [6, 6.07) is 24.7. The fourth-order valence-corrected chi connectivity index (χ4v) is 2.87. The van der Waals surface area contributed by atoms with Gasteiger partial charge in [0.25, 0.3) is 5.91 Å². The molecule has 3 rings (SSSR count). The van der Waals surface area contributed by atoms with Crippen LogP contribution in [-0.4, -0.2) is 18.7 Å². The Morgan fingerprint density at radius 2 is 1.71 bits per heavy atom. The van der Waals surface area contributed by atoms with Crippen LogP contribution in [0, 0.1) is 0 Å². The zero-order valence-corrected chi connectivity index (χ0v) is 16.6. The van der Waals surface area contributed by atoms with Crippen LogP contribution in [-0.2, 0) is 16.2 Å². The molecule has 0 fully saturated rings. The number of para-hydroxylation sites is 1. The topological polar surface area (TPSA) is 59.9 Å². The van der Waals surface area contributed by atoms with Crippen LogP contribution in [0.15, 0.2) is 88.5 Å². The van der Waals surface area contributed by atoms with Gasteiger partial charge in [-0.15, -0.1) is 0 Å². The van der Waals surface area contributed by atoms with E-state index in [2.05, 4.69) is 26.4 Å². The Bertz CT molecular complexity index is 931. The van der Waals surface area contributed by atoms with Gasteiger partial charge in [-0.1, -0.05) is 53.7 Å². The third kappa shape index (κ3) is 6.25. The average molecular weight is 439 g/mol. The Morgan fingerprint density at radius 1 is 1.00 bits per heavy atom. The Morgan fingerprint density at radius 3 is 2.43 bits per heavy atom. The highest BCUT2D eigenvalue weighted by Gasteiger charge is 2.04. The maximum absolute atomic E-state index is 11.8. The molecule has 28 heavy (non-hydrogen) atoms. The lowest BCUT2D eigenvalue weighted by Gasteiger charge is -2.08. The summed E-state index contributed by atoms with van der Waals surface area (Å²) in [5.74, 6) is 0.471. The van der Waals surface area contributed by atoms with E-state index in [1.165, 1.54) is 0 Å². The van der Waals surface area contributed by atoms with Crippen molar-refractivity contribution < 1.29 is 14.4 Å². The first-order valence-corrected chi connectivity index (χ1v) is 9.46. The van der Waals surface area contributed by atoms with Gasteiger partial charge < -0.3 is 14.9 Å². The highest BCUT2D eigenvalue weighted by molar-refractivity contribution is 9.10. The number of carbonyl (C=O) groups is 1. The minimum atomic E-state index is -0.269. The lowest BCUT2D eigenvalue weighted by atomic mass is 10.2. The summed E-state index contributed by atoms with van der Waals surface area (Å²) in [5.41, 5.74) is 2.64. The van der Waals surface area contributed by atoms with Gasteiger partial charge in [-0.3, -0.25) is 4.79 Å². The number of nitrogens with one attached hydrogen (secondary N) is 1. The molecule has 0 radical (unpaired) electrons. The van der Waals surface area contributed by atoms with Gasteiger partial charge in [0, 0.05) is 5.69 Å². The summed E-state index contributed by atoms with van der Waals surface area (Å²) in [5, 5.41) is 6.56. The highest BCUT2D eigenvalue weighted by atomic mass is 79.9. The highest BCUT2D eigenvalue weighted by Crippen LogP contribution is 2.26. The van der Waals surface area contributed by atoms with Crippen molar-refractivity contribution in [2.24, 2.45) is 5.16 Å². The zero-order chi connectivity index (χ0) is 19.6. The van der Waals surface area contributed by atoms with E-state index in [-0.39, 0.29) is 12.5 Å². The molecule has 0 aromatic heterocycles. The molecule has 0 saturated heterocycles. The average Bonchev–Trinajstić information content (AvgIpc) is 2.72. The van der Waals surface area contributed by atoms with Gasteiger partial charge in [0.15, 0.2) is 6.61 Å². The summed E-state index contributed by atoms with van der Waals surface area (Å²) in [6.45, 7) is 0.331. The Kier molecular flexibility index (Phi) is 7.21. The molecule has 0 atom stereocenters. The van der Waals surface area contributed by atoms with E-state index in [9.17, 15) is 4.79 Å². The molecule has 0 aliphatic heterocycles. The first-order valence-electron chi connectivity index (χ1n) is 8.67. The van der Waals surface area contributed by atoms with Gasteiger partial charge in [-0.25, -0.2) is 0 Å². The molecule has 0 saturated carbocycles. The largest absolute Gasteiger partial charge is 0.488 e. The summed E-state index contributed by atoms with van der Waals surface area (Å²) in [7, 11) is 0. The van der Waals surface area contributed by atoms with Crippen molar-refractivity contribution in [3.63, 3.8) is 0 Å². The van der Waals surface area contributed by atoms with E-state index in [4.69, 9.17) is 9.57 Å². The molecule has 0 unspecified atom stereocenters. The molecule has 1 N–H and O–H groups in total. The molecule has 0 bridgehead atoms. The Labute approximate surface area is 172 Å². The molecule has 0 spiro atoms. The van der Waals surface area contributed by atoms with Gasteiger partial charge in [0.05, 0.1) is 10.7 Å². The summed E-state index contributed by atoms with van der Waals surface area (Å²) >= 11 is 3.50. The Hall–Kier alpha value is -3.12. The van der Waals surface area contributed by atoms with Gasteiger partial charge in [0.2, 0.25) is 0 Å². The standard InChI is InChI=1S/C22H19BrN2O3/c23-20-13-18(11-12-21(20)27-15-17-7-3-1-4-8-17)14-24-28-16-22(26)25-19-9-5-2-6-10-19/h1-14H,15-16H2,(H,25,26)/b24-14+. The molecule has 0 aliphatic carbocycles. The number of nitrogens with zero attached hydrogens (tertiary/aromatic N) is 1. The van der Waals surface area contributed by atoms with Crippen molar-refractivity contribution in [3.8, 4) is 5.75 Å². The zero-order valence-electron chi connectivity index (χ0n) is 15.0. The lowest BCUT2D eigenvalue weighted by Crippen LogP contribution is -2.16. The van der Waals surface area contributed by atoms with Crippen molar-refractivity contribution >= 4 is 33.7 Å². The molecule has 1 amide bonds. The van der Waals surface area contributed by atoms with E-state index in [0.717, 1.165) is 27.0 Å². The van der Waals surface area contributed by atoms with E-state index in [0.29, 0.717) is 6.61 Å². The van der Waals surface area contributed by atoms with Crippen molar-refractivity contribution in [2.45, 2.75) is 6.61 Å². The van der Waals surface area contributed by atoms with Crippen LogP contribution < -0.4 is 10.1 Å². The number of rotatable bonds is 8. The number of anilines is 1. The van der Waals surface area contributed by atoms with E-state index < -0.39 is 0 Å². The third-order valence-corrected chi connectivity index (χ3v) is 4.34. The maximum Gasteiger partial charge on any atom is 0.265 e. The number of hydrogen-bond donors (Lipinski definition) is 1. The second-order valence-electron chi connectivity index (χ2n) is 5.89. The summed E-state index contributed by atoms with van der Waals surface area (Å²) < 4.78 is 6.63. The fourth-order valence-electron chi connectivity index (χ4n) is 2.36. The minimum Gasteiger partial charge on any atom is -0.488 e. The number of benzene rings is 3. The maximum atomic E-state index is 11.8. The van der Waals surface area contributed by atoms with E-state index in [1.54, 1.807) is 18.3 Å². The van der Waals surface area contributed by atoms with Crippen molar-refractivity contribution in [1.82, 2.24) is 0 Å². The predicted molar refractivity (Wildman–Crippen MR) is 114 cm³/mol. The van der Waals surface area contributed by atoms with Gasteiger partial charge in [0.1, 0.15) is 12.4 Å². The number of ether oxygens (including phenoxy) is 1. The van der Waals surface area contributed by atoms with Gasteiger partial charge in [-0.2, -0.15) is 0 Å². The molecule has 3 aromatic rings. The van der Waals surface area contributed by atoms with Gasteiger partial charge >= 0.3 is 0 Å². The van der Waals surface area contributed by atoms with E-state index in [1.807, 2.05) is 66.7 Å². The first kappa shape index (κ1) is 19.6. The molecule has 142 valence electrons. The van der Waals surface area contributed by atoms with Crippen molar-refractivity contribution in [2.75, 3.05) is 11.9 Å². The fraction of sp³-hybridized carbons (Fsp3) is 0.0909. The second-order valence-corrected chi connectivity index (χ2v) is 6.74. The van der Waals surface area contributed by atoms with Crippen LogP contribution in [0.3, 0.4) is 0 Å². The quantitative estimate of drug-likeness (QED) is 0.396. The van der Waals surface area contributed by atoms with Crippen molar-refractivity contribution in [1.29, 1.82) is 0 Å². The lowest BCUT2D eigenvalue weighted by molar-refractivity contribution is -0.120.